The van der Waals surface area contributed by atoms with Gasteiger partial charge in [-0.2, -0.15) is 9.97 Å². The lowest BCUT2D eigenvalue weighted by Crippen LogP contribution is -2.66. The summed E-state index contributed by atoms with van der Waals surface area (Å²) in [7, 11) is 3.95. The van der Waals surface area contributed by atoms with Gasteiger partial charge in [0.1, 0.15) is 12.4 Å². The van der Waals surface area contributed by atoms with E-state index in [1.165, 1.54) is 10.5 Å². The van der Waals surface area contributed by atoms with Crippen LogP contribution in [-0.4, -0.2) is 107 Å². The molecular weight excluding hydrogens is 512 g/mol. The molecular formula is C29H42N6O5. The Kier molecular flexibility index (Phi) is 9.80. The van der Waals surface area contributed by atoms with Gasteiger partial charge in [-0.25, -0.2) is 9.59 Å². The number of aliphatic carboxylic acids is 1. The average molecular weight is 555 g/mol. The van der Waals surface area contributed by atoms with E-state index in [0.29, 0.717) is 32.1 Å². The maximum Gasteiger partial charge on any atom is 0.410 e. The zero-order valence-electron chi connectivity index (χ0n) is 24.1. The van der Waals surface area contributed by atoms with Crippen molar-refractivity contribution in [2.75, 3.05) is 64.9 Å². The number of amides is 1. The highest BCUT2D eigenvalue weighted by Crippen LogP contribution is 2.33. The molecule has 1 amide bonds. The minimum Gasteiger partial charge on any atom is -0.479 e. The molecule has 4 rings (SSSR count). The third-order valence-electron chi connectivity index (χ3n) is 7.51. The summed E-state index contributed by atoms with van der Waals surface area (Å²) in [5, 5.41) is 10.2. The Morgan fingerprint density at radius 3 is 2.58 bits per heavy atom. The zero-order valence-corrected chi connectivity index (χ0v) is 24.1. The van der Waals surface area contributed by atoms with Crippen LogP contribution in [0.3, 0.4) is 0 Å². The van der Waals surface area contributed by atoms with Gasteiger partial charge >= 0.3 is 18.1 Å². The number of benzene rings is 1. The summed E-state index contributed by atoms with van der Waals surface area (Å²) in [6, 6.07) is 10.6. The van der Waals surface area contributed by atoms with Gasteiger partial charge in [-0.1, -0.05) is 43.7 Å². The molecule has 0 saturated carbocycles. The lowest BCUT2D eigenvalue weighted by Gasteiger charge is -2.46. The van der Waals surface area contributed by atoms with Crippen LogP contribution in [0.25, 0.3) is 0 Å². The van der Waals surface area contributed by atoms with Gasteiger partial charge in [0.05, 0.1) is 18.8 Å². The van der Waals surface area contributed by atoms with Crippen LogP contribution in [-0.2, 0) is 29.0 Å². The van der Waals surface area contributed by atoms with Crippen LogP contribution < -0.4 is 9.64 Å². The first kappa shape index (κ1) is 29.5. The molecule has 2 aliphatic heterocycles. The molecule has 40 heavy (non-hydrogen) atoms. The number of carboxylic acids is 1. The largest absolute Gasteiger partial charge is 0.479 e. The van der Waals surface area contributed by atoms with E-state index < -0.39 is 17.6 Å². The Bertz CT molecular complexity index is 1160. The Labute approximate surface area is 236 Å². The molecule has 3 heterocycles. The van der Waals surface area contributed by atoms with Crippen molar-refractivity contribution >= 4 is 17.9 Å². The molecule has 1 aromatic heterocycles. The number of hydrogen-bond donors (Lipinski definition) is 1. The topological polar surface area (TPSA) is 112 Å². The van der Waals surface area contributed by atoms with Gasteiger partial charge in [-0.3, -0.25) is 9.80 Å². The Morgan fingerprint density at radius 1 is 1.10 bits per heavy atom. The molecule has 1 unspecified atom stereocenters. The first-order chi connectivity index (χ1) is 19.2. The third-order valence-corrected chi connectivity index (χ3v) is 7.51. The van der Waals surface area contributed by atoms with Crippen molar-refractivity contribution in [2.45, 2.75) is 51.7 Å². The second kappa shape index (κ2) is 13.3. The Hall–Kier alpha value is -3.44. The van der Waals surface area contributed by atoms with E-state index in [0.717, 1.165) is 43.6 Å². The van der Waals surface area contributed by atoms with Crippen LogP contribution in [0.2, 0.25) is 0 Å². The molecule has 0 bridgehead atoms. The summed E-state index contributed by atoms with van der Waals surface area (Å²) in [6.45, 7) is 8.02. The number of ether oxygens (including phenoxy) is 2. The van der Waals surface area contributed by atoms with Gasteiger partial charge in [0.2, 0.25) is 0 Å². The van der Waals surface area contributed by atoms with Crippen LogP contribution in [0, 0.1) is 0 Å². The molecule has 1 atom stereocenters. The second-order valence-corrected chi connectivity index (χ2v) is 11.0. The monoisotopic (exact) mass is 554 g/mol. The van der Waals surface area contributed by atoms with Crippen LogP contribution in [0.1, 0.15) is 43.5 Å². The van der Waals surface area contributed by atoms with E-state index in [4.69, 9.17) is 19.4 Å². The summed E-state index contributed by atoms with van der Waals surface area (Å²) in [5.41, 5.74) is 1.67. The van der Waals surface area contributed by atoms with Crippen molar-refractivity contribution in [1.29, 1.82) is 0 Å². The minimum absolute atomic E-state index is 0.0829. The van der Waals surface area contributed by atoms with Crippen LogP contribution >= 0.6 is 0 Å². The number of unbranched alkanes of at least 4 members (excludes halogenated alkanes) is 1. The number of rotatable bonds is 11. The molecule has 218 valence electrons. The quantitative estimate of drug-likeness (QED) is 0.416. The van der Waals surface area contributed by atoms with Gasteiger partial charge in [0.15, 0.2) is 5.54 Å². The fourth-order valence-corrected chi connectivity index (χ4v) is 5.11. The van der Waals surface area contributed by atoms with E-state index >= 15 is 0 Å². The highest BCUT2D eigenvalue weighted by Gasteiger charge is 2.48. The van der Waals surface area contributed by atoms with E-state index in [-0.39, 0.29) is 25.7 Å². The summed E-state index contributed by atoms with van der Waals surface area (Å²) in [5.74, 6) is -0.389. The number of aromatic nitrogens is 2. The first-order valence-corrected chi connectivity index (χ1v) is 14.1. The Morgan fingerprint density at radius 2 is 1.88 bits per heavy atom. The number of nitrogens with zero attached hydrogens (tertiary/aromatic N) is 6. The van der Waals surface area contributed by atoms with Crippen molar-refractivity contribution in [2.24, 2.45) is 0 Å². The minimum atomic E-state index is -1.47. The molecule has 1 saturated heterocycles. The van der Waals surface area contributed by atoms with E-state index in [1.807, 2.05) is 49.0 Å². The number of carbonyl (C=O) groups excluding carboxylic acids is 1. The SMILES string of the molecule is CCCCOC(=O)N1CCN(c2nc(OCCN(C)C)nc3c2CCN(Cc2ccccc2)C3)CC1(C)C(=O)O. The van der Waals surface area contributed by atoms with Gasteiger partial charge in [-0.05, 0) is 39.4 Å². The molecule has 2 aromatic rings. The highest BCUT2D eigenvalue weighted by molar-refractivity contribution is 5.85. The van der Waals surface area contributed by atoms with Gasteiger partial charge < -0.3 is 24.4 Å². The first-order valence-electron chi connectivity index (χ1n) is 14.1. The summed E-state index contributed by atoms with van der Waals surface area (Å²) in [6.07, 6.45) is 1.77. The molecule has 1 aromatic carbocycles. The number of piperazine rings is 1. The number of hydrogen-bond acceptors (Lipinski definition) is 9. The number of likely N-dealkylation sites (N-methyl/N-ethyl adjacent to an activating group) is 1. The fourth-order valence-electron chi connectivity index (χ4n) is 5.11. The molecule has 1 N–H and O–H groups in total. The van der Waals surface area contributed by atoms with Crippen molar-refractivity contribution in [1.82, 2.24) is 24.7 Å². The van der Waals surface area contributed by atoms with Gasteiger partial charge in [0, 0.05) is 44.8 Å². The lowest BCUT2D eigenvalue weighted by molar-refractivity contribution is -0.149. The predicted molar refractivity (Wildman–Crippen MR) is 152 cm³/mol. The number of carboxylic acid groups (broad SMARTS) is 1. The van der Waals surface area contributed by atoms with E-state index in [9.17, 15) is 14.7 Å². The molecule has 0 radical (unpaired) electrons. The number of fused-ring (bicyclic) bond motifs is 1. The molecule has 1 fully saturated rings. The smallest absolute Gasteiger partial charge is 0.410 e. The predicted octanol–water partition coefficient (Wildman–Crippen LogP) is 2.88. The number of anilines is 1. The molecule has 0 aliphatic carbocycles. The molecule has 0 spiro atoms. The van der Waals surface area contributed by atoms with Crippen molar-refractivity contribution in [3.63, 3.8) is 0 Å². The maximum atomic E-state index is 12.8. The van der Waals surface area contributed by atoms with E-state index in [2.05, 4.69) is 17.0 Å². The molecule has 2 aliphatic rings. The summed E-state index contributed by atoms with van der Waals surface area (Å²) >= 11 is 0. The third kappa shape index (κ3) is 7.00. The van der Waals surface area contributed by atoms with Crippen LogP contribution in [0.4, 0.5) is 10.6 Å². The summed E-state index contributed by atoms with van der Waals surface area (Å²) < 4.78 is 11.4. The van der Waals surface area contributed by atoms with Crippen LogP contribution in [0.15, 0.2) is 30.3 Å². The standard InChI is InChI=1S/C29H42N6O5/c1-5-6-17-40-28(38)35-15-14-34(21-29(35,2)26(36)37)25-23-12-13-33(19-22-10-8-7-9-11-22)20-24(23)30-27(31-25)39-18-16-32(3)4/h7-11H,5-6,12-21H2,1-4H3,(H,36,37). The zero-order chi connectivity index (χ0) is 28.7. The molecule has 11 nitrogen and oxygen atoms in total. The highest BCUT2D eigenvalue weighted by atomic mass is 16.6. The van der Waals surface area contributed by atoms with Crippen LogP contribution in [0.5, 0.6) is 6.01 Å². The van der Waals surface area contributed by atoms with Gasteiger partial charge in [-0.15, -0.1) is 0 Å². The molecule has 11 heteroatoms. The Balaban J connectivity index is 1.60. The van der Waals surface area contributed by atoms with E-state index in [1.54, 1.807) is 6.92 Å². The van der Waals surface area contributed by atoms with Crippen molar-refractivity contribution in [3.8, 4) is 6.01 Å². The maximum absolute atomic E-state index is 12.8. The average Bonchev–Trinajstić information content (AvgIpc) is 2.92. The lowest BCUT2D eigenvalue weighted by atomic mass is 9.95. The fraction of sp³-hybridized carbons (Fsp3) is 0.586. The van der Waals surface area contributed by atoms with Crippen molar-refractivity contribution in [3.05, 3.63) is 47.2 Å². The second-order valence-electron chi connectivity index (χ2n) is 11.0. The summed E-state index contributed by atoms with van der Waals surface area (Å²) in [4.78, 5) is 42.7. The number of carbonyl (C=O) groups is 2. The van der Waals surface area contributed by atoms with Gasteiger partial charge in [0.25, 0.3) is 0 Å². The normalized spacial score (nSPS) is 19.4. The van der Waals surface area contributed by atoms with Crippen molar-refractivity contribution < 1.29 is 24.2 Å².